The van der Waals surface area contributed by atoms with Crippen molar-refractivity contribution in [3.8, 4) is 0 Å². The van der Waals surface area contributed by atoms with Crippen LogP contribution in [0.25, 0.3) is 0 Å². The molecule has 0 saturated heterocycles. The second kappa shape index (κ2) is 8.14. The number of rotatable bonds is 0. The summed E-state index contributed by atoms with van der Waals surface area (Å²) < 4.78 is 0. The second-order valence-electron chi connectivity index (χ2n) is 1.77. The molecule has 0 atom stereocenters. The van der Waals surface area contributed by atoms with Gasteiger partial charge in [0.1, 0.15) is 5.82 Å². The van der Waals surface area contributed by atoms with Crippen LogP contribution >= 0.6 is 0 Å². The fourth-order valence-electron chi connectivity index (χ4n) is 0.376. The predicted octanol–water partition coefficient (Wildman–Crippen LogP) is 0.752. The van der Waals surface area contributed by atoms with Gasteiger partial charge in [-0.05, 0) is 12.1 Å². The molecule has 0 aromatic carbocycles. The third-order valence-corrected chi connectivity index (χ3v) is 0.688. The summed E-state index contributed by atoms with van der Waals surface area (Å²) in [5, 5.41) is 7.42. The Bertz CT molecular complexity index is 212. The van der Waals surface area contributed by atoms with Crippen LogP contribution in [-0.2, 0) is 24.3 Å². The van der Waals surface area contributed by atoms with Gasteiger partial charge in [-0.3, -0.25) is 4.79 Å². The Morgan fingerprint density at radius 3 is 2.25 bits per heavy atom. The van der Waals surface area contributed by atoms with Crippen molar-refractivity contribution in [1.29, 1.82) is 0 Å². The molecule has 0 unspecified atom stereocenters. The van der Waals surface area contributed by atoms with Crippen LogP contribution in [0.15, 0.2) is 24.4 Å². The molecule has 0 aliphatic rings. The van der Waals surface area contributed by atoms with Gasteiger partial charge in [-0.2, -0.15) is 0 Å². The van der Waals surface area contributed by atoms with Crippen molar-refractivity contribution in [2.24, 2.45) is 0 Å². The molecule has 5 heteroatoms. The third-order valence-electron chi connectivity index (χ3n) is 0.688. The fourth-order valence-corrected chi connectivity index (χ4v) is 0.376. The normalized spacial score (nSPS) is 7.08. The van der Waals surface area contributed by atoms with E-state index >= 15 is 0 Å². The first-order valence-electron chi connectivity index (χ1n) is 2.99. The van der Waals surface area contributed by atoms with E-state index in [1.165, 1.54) is 0 Å². The van der Waals surface area contributed by atoms with Crippen LogP contribution < -0.4 is 5.73 Å². The number of nitrogens with two attached hydrogens (primary N) is 1. The van der Waals surface area contributed by atoms with Gasteiger partial charge in [0, 0.05) is 32.6 Å². The van der Waals surface area contributed by atoms with Crippen molar-refractivity contribution in [3.05, 3.63) is 24.4 Å². The van der Waals surface area contributed by atoms with Crippen LogP contribution in [0.3, 0.4) is 0 Å². The molecule has 0 aliphatic carbocycles. The number of aliphatic carboxylic acids is 1. The minimum Gasteiger partial charge on any atom is -0.481 e. The monoisotopic (exact) mass is 218 g/mol. The molecule has 62 valence electrons. The first-order valence-corrected chi connectivity index (χ1v) is 2.99. The molecule has 1 aromatic rings. The minimum absolute atomic E-state index is 0. The molecule has 0 radical (unpaired) electrons. The maximum Gasteiger partial charge on any atom is 0.300 e. The number of carboxylic acid groups (broad SMARTS) is 1. The van der Waals surface area contributed by atoms with Crippen LogP contribution in [-0.4, -0.2) is 16.1 Å². The van der Waals surface area contributed by atoms with Gasteiger partial charge in [0.2, 0.25) is 0 Å². The summed E-state index contributed by atoms with van der Waals surface area (Å²) in [6, 6.07) is 5.43. The zero-order valence-electron chi connectivity index (χ0n) is 6.90. The number of pyridine rings is 1. The van der Waals surface area contributed by atoms with E-state index in [0.717, 1.165) is 6.92 Å². The molecule has 0 fully saturated rings. The topological polar surface area (TPSA) is 76.2 Å². The fraction of sp³-hybridized carbons (Fsp3) is 0.143. The summed E-state index contributed by atoms with van der Waals surface area (Å²) in [4.78, 5) is 12.8. The molecule has 12 heavy (non-hydrogen) atoms. The summed E-state index contributed by atoms with van der Waals surface area (Å²) in [6.45, 7) is 1.08. The Labute approximate surface area is 83.6 Å². The average molecular weight is 220 g/mol. The van der Waals surface area contributed by atoms with E-state index in [2.05, 4.69) is 4.98 Å². The summed E-state index contributed by atoms with van der Waals surface area (Å²) in [7, 11) is 0. The summed E-state index contributed by atoms with van der Waals surface area (Å²) in [6.07, 6.45) is 1.66. The van der Waals surface area contributed by atoms with Crippen LogP contribution in [0.5, 0.6) is 0 Å². The zero-order chi connectivity index (χ0) is 8.69. The van der Waals surface area contributed by atoms with Crippen LogP contribution in [0.1, 0.15) is 6.92 Å². The molecule has 4 nitrogen and oxygen atoms in total. The molecular weight excluding hydrogens is 209 g/mol. The largest absolute Gasteiger partial charge is 0.481 e. The van der Waals surface area contributed by atoms with E-state index in [1.54, 1.807) is 12.3 Å². The number of carboxylic acids is 1. The first-order chi connectivity index (χ1) is 5.13. The number of hydrogen-bond acceptors (Lipinski definition) is 3. The Balaban J connectivity index is 0. The van der Waals surface area contributed by atoms with E-state index in [4.69, 9.17) is 15.6 Å². The third kappa shape index (κ3) is 11.8. The van der Waals surface area contributed by atoms with E-state index < -0.39 is 5.97 Å². The van der Waals surface area contributed by atoms with Crippen molar-refractivity contribution < 1.29 is 29.4 Å². The van der Waals surface area contributed by atoms with Gasteiger partial charge in [0.25, 0.3) is 5.97 Å². The molecule has 0 bridgehead atoms. The standard InChI is InChI=1S/C5H6N2.C2H4O2.Zn/c6-5-3-1-2-4-7-5;1-2(3)4;/h1-4H,(H2,6,7);1H3,(H,3,4);. The zero-order valence-corrected chi connectivity index (χ0v) is 9.86. The smallest absolute Gasteiger partial charge is 0.300 e. The summed E-state index contributed by atoms with van der Waals surface area (Å²) in [5.74, 6) is -0.262. The van der Waals surface area contributed by atoms with E-state index in [9.17, 15) is 0 Å². The quantitative estimate of drug-likeness (QED) is 0.632. The van der Waals surface area contributed by atoms with Crippen LogP contribution in [0.2, 0.25) is 0 Å². The minimum atomic E-state index is -0.833. The van der Waals surface area contributed by atoms with Gasteiger partial charge in [-0.25, -0.2) is 4.98 Å². The van der Waals surface area contributed by atoms with Crippen molar-refractivity contribution in [1.82, 2.24) is 4.98 Å². The van der Waals surface area contributed by atoms with Gasteiger partial charge >= 0.3 is 0 Å². The molecule has 1 heterocycles. The van der Waals surface area contributed by atoms with Crippen LogP contribution in [0, 0.1) is 0 Å². The maximum absolute atomic E-state index is 9.00. The average Bonchev–Trinajstić information content (AvgIpc) is 1.87. The molecule has 0 aliphatic heterocycles. The molecular formula is C7H10N2O2Zn. The van der Waals surface area contributed by atoms with Gasteiger partial charge < -0.3 is 10.8 Å². The van der Waals surface area contributed by atoms with E-state index in [-0.39, 0.29) is 19.5 Å². The maximum atomic E-state index is 9.00. The van der Waals surface area contributed by atoms with Gasteiger partial charge in [-0.15, -0.1) is 0 Å². The number of nitrogen functional groups attached to an aromatic ring is 1. The predicted molar refractivity (Wildman–Crippen MR) is 42.0 cm³/mol. The summed E-state index contributed by atoms with van der Waals surface area (Å²) in [5.41, 5.74) is 5.25. The molecule has 0 saturated carbocycles. The van der Waals surface area contributed by atoms with Gasteiger partial charge in [0.05, 0.1) is 0 Å². The number of carbonyl (C=O) groups is 1. The number of anilines is 1. The molecule has 0 spiro atoms. The Kier molecular flexibility index (Phi) is 9.24. The molecule has 1 rings (SSSR count). The number of hydrogen-bond donors (Lipinski definition) is 2. The Morgan fingerprint density at radius 1 is 1.58 bits per heavy atom. The van der Waals surface area contributed by atoms with Gasteiger partial charge in [-0.1, -0.05) is 6.07 Å². The van der Waals surface area contributed by atoms with Crippen LogP contribution in [0.4, 0.5) is 5.82 Å². The molecule has 0 amide bonds. The Hall–Kier alpha value is -0.957. The molecule has 3 N–H and O–H groups in total. The van der Waals surface area contributed by atoms with E-state index in [0.29, 0.717) is 5.82 Å². The number of nitrogens with zero attached hydrogens (tertiary/aromatic N) is 1. The summed E-state index contributed by atoms with van der Waals surface area (Å²) >= 11 is 0. The second-order valence-corrected chi connectivity index (χ2v) is 1.77. The van der Waals surface area contributed by atoms with Crippen molar-refractivity contribution in [2.75, 3.05) is 5.73 Å². The molecule has 1 aromatic heterocycles. The van der Waals surface area contributed by atoms with Crippen molar-refractivity contribution >= 4 is 11.8 Å². The van der Waals surface area contributed by atoms with Crippen molar-refractivity contribution in [2.45, 2.75) is 6.92 Å². The Morgan fingerprint density at radius 2 is 2.08 bits per heavy atom. The SMILES string of the molecule is CC(=O)O.Nc1ccccn1.[Zn]. The van der Waals surface area contributed by atoms with E-state index in [1.807, 2.05) is 12.1 Å². The number of aromatic nitrogens is 1. The first kappa shape index (κ1) is 13.6. The van der Waals surface area contributed by atoms with Gasteiger partial charge in [0.15, 0.2) is 0 Å². The van der Waals surface area contributed by atoms with Crippen molar-refractivity contribution in [3.63, 3.8) is 0 Å².